The van der Waals surface area contributed by atoms with Crippen LogP contribution < -0.4 is 9.75 Å². The molecule has 0 atom stereocenters. The van der Waals surface area contributed by atoms with Crippen molar-refractivity contribution in [3.63, 3.8) is 0 Å². The molecule has 4 aliphatic carbocycles. The summed E-state index contributed by atoms with van der Waals surface area (Å²) in [6, 6.07) is 88.1. The Balaban J connectivity index is 0.000000236. The number of hydrogen-bond donors (Lipinski definition) is 0. The maximum absolute atomic E-state index is 8.28. The molecule has 8 aromatic carbocycles. The topological polar surface area (TPSA) is 113 Å². The van der Waals surface area contributed by atoms with Crippen LogP contribution in [-0.2, 0) is 80.4 Å². The van der Waals surface area contributed by atoms with Crippen molar-refractivity contribution < 1.29 is 127 Å². The van der Waals surface area contributed by atoms with E-state index in [0.29, 0.717) is 40.7 Å². The van der Waals surface area contributed by atoms with Gasteiger partial charge in [-0.3, -0.25) is 4.98 Å². The van der Waals surface area contributed by atoms with Crippen molar-refractivity contribution in [2.75, 3.05) is 0 Å². The van der Waals surface area contributed by atoms with Crippen LogP contribution in [0.5, 0.6) is 0 Å². The Hall–Kier alpha value is -12.3. The summed E-state index contributed by atoms with van der Waals surface area (Å²) in [4.78, 5) is 29.0. The van der Waals surface area contributed by atoms with Crippen LogP contribution in [0.3, 0.4) is 0 Å². The Morgan fingerprint density at radius 3 is 1.64 bits per heavy atom. The van der Waals surface area contributed by atoms with Crippen LogP contribution in [-0.4, -0.2) is 41.1 Å². The van der Waals surface area contributed by atoms with E-state index in [1.54, 1.807) is 59.4 Å². The standard InChI is InChI=1S/C18H14NS.C18H12NS.C18H14NS.C15H14N.2C13H14N.C12H7S.C6H5.C5H5N.C5H6N.2CH4.4Ir/c2*1-12-9-10-16(19-11-12)15-7-4-6-14-13-5-2-3-8-17(13)20-18(14)15;1-14-10-11-17(19-12-14)16-8-3-2-6-15-7-4-5-9-18(15)20-13-16;1-11-2-4-13(5-3-11)15-9-8-14(10-16-15)12-6-7-12;2*1-10-3-6-12(7-4-10)13-8-5-11(2)9-14-13;1-3-7-11-9(5-1)10-6-2-4-8-12(10)13-11;2*1-2-4-6-5-3-1;1-2-3-4-5-6;;;;;;/h2-3,5-11H,4H2,1H3;2-6,8-11H,1H3;2-7,9-13H,1H3;2-4,8-10,12H,6-7H2,1H3;2*3,5-9H,4H2,1-2H3;1-3,5-8H;2*1-5H;2-5H,1H2;2*1H4;;;;/q8*-1;;-1;;;;;;+3/b;;;;;;;;;4-3-;;;;;;/i2*1D3,9D,10D;1D3,10D,11D;12D;1D3,2D3;;;;1D,2D,3D,4D;3D,4D;2*1D3;;;;. The van der Waals surface area contributed by atoms with Gasteiger partial charge in [-0.1, -0.05) is 266 Å². The fourth-order valence-electron chi connectivity index (χ4n) is 13.4. The molecule has 1 saturated carbocycles. The summed E-state index contributed by atoms with van der Waals surface area (Å²) in [5.41, 5.74) is 13.4. The molecule has 0 aliphatic heterocycles. The zero-order valence-electron chi connectivity index (χ0n) is 110. The van der Waals surface area contributed by atoms with Crippen LogP contribution in [0.15, 0.2) is 400 Å². The molecule has 0 spiro atoms. The van der Waals surface area contributed by atoms with Crippen molar-refractivity contribution in [1.29, 1.82) is 0 Å². The van der Waals surface area contributed by atoms with Gasteiger partial charge in [-0.15, -0.1) is 106 Å². The molecule has 8 nitrogen and oxygen atoms in total. The second-order valence-corrected chi connectivity index (χ2v) is 34.1. The Morgan fingerprint density at radius 1 is 0.468 bits per heavy atom. The number of nitrogens with zero attached hydrogens (tertiary/aromatic N) is 8. The summed E-state index contributed by atoms with van der Waals surface area (Å²) >= 11 is 6.51. The zero-order valence-corrected chi connectivity index (χ0v) is 89.1. The predicted octanol–water partition coefficient (Wildman–Crippen LogP) is 33.1. The van der Waals surface area contributed by atoms with E-state index in [-0.39, 0.29) is 193 Å². The molecule has 11 aromatic heterocycles. The first-order valence-corrected chi connectivity index (χ1v) is 46.0. The van der Waals surface area contributed by atoms with Crippen molar-refractivity contribution in [1.82, 2.24) is 34.9 Å². The van der Waals surface area contributed by atoms with Crippen molar-refractivity contribution in [3.05, 3.63) is 521 Å². The Labute approximate surface area is 952 Å². The molecule has 0 amide bonds. The van der Waals surface area contributed by atoms with Crippen LogP contribution >= 0.6 is 45.3 Å². The van der Waals surface area contributed by atoms with Crippen LogP contribution in [0.25, 0.3) is 122 Å². The number of thiophene rings is 3. The summed E-state index contributed by atoms with van der Waals surface area (Å²) < 4.78 is 253. The minimum atomic E-state index is -2.46. The van der Waals surface area contributed by atoms with E-state index in [1.165, 1.54) is 89.9 Å². The number of pyridine rings is 7. The number of hydrogen-bond acceptors (Lipinski definition) is 11. The summed E-state index contributed by atoms with van der Waals surface area (Å²) in [6.45, 7) is -2.10. The van der Waals surface area contributed by atoms with Gasteiger partial charge < -0.3 is 35.3 Å². The minimum absolute atomic E-state index is 0. The number of allylic oxidation sites excluding steroid dienone is 11. The second-order valence-electron chi connectivity index (χ2n) is 30.0. The van der Waals surface area contributed by atoms with Crippen molar-refractivity contribution in [2.24, 2.45) is 0 Å². The first-order chi connectivity index (χ1) is 81.0. The van der Waals surface area contributed by atoms with Gasteiger partial charge in [-0.05, 0) is 197 Å². The number of benzene rings is 8. The normalized spacial score (nSPS) is 16.1. The molecule has 23 rings (SSSR count). The Morgan fingerprint density at radius 2 is 1.04 bits per heavy atom. The first-order valence-electron chi connectivity index (χ1n) is 60.2. The molecular weight excluding hydrogens is 2510 g/mol. The summed E-state index contributed by atoms with van der Waals surface area (Å²) in [5.74, 6) is -0.345. The van der Waals surface area contributed by atoms with E-state index in [2.05, 4.69) is 177 Å². The van der Waals surface area contributed by atoms with Crippen molar-refractivity contribution in [2.45, 2.75) is 108 Å². The minimum Gasteiger partial charge on any atom is -0.811 e. The van der Waals surface area contributed by atoms with Gasteiger partial charge in [0.25, 0.3) is 0 Å². The van der Waals surface area contributed by atoms with E-state index in [9.17, 15) is 0 Å². The smallest absolute Gasteiger partial charge is 0.811 e. The van der Waals surface area contributed by atoms with Gasteiger partial charge in [0.15, 0.2) is 0 Å². The summed E-state index contributed by atoms with van der Waals surface area (Å²) in [7, 11) is -2.83. The summed E-state index contributed by atoms with van der Waals surface area (Å²) in [5, 5.41) is 18.2. The van der Waals surface area contributed by atoms with E-state index in [1.807, 2.05) is 182 Å². The Bertz CT molecular complexity index is 8990. The molecule has 19 aromatic rings. The third-order valence-electron chi connectivity index (χ3n) is 20.2. The third-order valence-corrected chi connectivity index (χ3v) is 24.7. The molecule has 16 heteroatoms. The molecule has 3 radical (unpaired) electrons. The van der Waals surface area contributed by atoms with E-state index in [4.69, 9.17) is 52.0 Å². The van der Waals surface area contributed by atoms with E-state index < -0.39 is 49.0 Å². The molecule has 0 bridgehead atoms. The number of aromatic nitrogens is 7. The number of aryl methyl sites for hydroxylation is 6. The van der Waals surface area contributed by atoms with Gasteiger partial charge in [0.2, 0.25) is 0 Å². The quantitative estimate of drug-likeness (QED) is 0.0803. The maximum Gasteiger partial charge on any atom is 3.00 e. The third kappa shape index (κ3) is 34.3. The zero-order chi connectivity index (χ0) is 125. The predicted molar refractivity (Wildman–Crippen MR) is 593 cm³/mol. The van der Waals surface area contributed by atoms with Crippen LogP contribution in [0.4, 0.5) is 0 Å². The van der Waals surface area contributed by atoms with Crippen LogP contribution in [0.1, 0.15) is 169 Å². The molecule has 719 valence electrons. The van der Waals surface area contributed by atoms with Gasteiger partial charge in [0, 0.05) is 159 Å². The fourth-order valence-corrected chi connectivity index (χ4v) is 17.8. The molecular formula is C125H113Ir4N8S4-6. The molecule has 0 N–H and O–H groups in total. The molecule has 0 saturated heterocycles. The van der Waals surface area contributed by atoms with Crippen molar-refractivity contribution >= 4 is 135 Å². The van der Waals surface area contributed by atoms with Gasteiger partial charge in [0.05, 0.1) is 16.4 Å². The molecule has 11 heterocycles. The van der Waals surface area contributed by atoms with Crippen LogP contribution in [0.2, 0.25) is 0 Å². The van der Waals surface area contributed by atoms with Gasteiger partial charge in [0.1, 0.15) is 0 Å². The Kier molecular flexibility index (Phi) is 31.1. The fraction of sp³-hybridized carbons (Fsp3) is 0.128. The number of rotatable bonds is 9. The number of fused-ring (bicyclic) bond motifs is 10. The molecule has 1 fully saturated rings. The molecule has 0 unspecified atom stereocenters. The molecule has 141 heavy (non-hydrogen) atoms. The van der Waals surface area contributed by atoms with Gasteiger partial charge in [-0.2, -0.15) is 132 Å². The summed E-state index contributed by atoms with van der Waals surface area (Å²) in [6.07, 6.45) is 31.0. The first kappa shape index (κ1) is 72.9. The van der Waals surface area contributed by atoms with E-state index in [0.717, 1.165) is 116 Å². The van der Waals surface area contributed by atoms with E-state index >= 15 is 0 Å². The SMILES string of the molecule is CC1=CC=C(c2ccc(C)cn2)[CH-]C1.[2H]/C(C=C)=C(\[2H])C=[N-].[2H]C([2H])([2H])C1=CC=C(c2ccc(C([2H])([2H])[2H])cn2)[CH-]C1.[2H]C([2H])[2H].[2H]C([2H])[2H].[2H]C1(c2ccc(-c3[c-]cc(C)cc3)nc2)CC1.[2H]c1c(C([2H])([2H])[2H])cnc(-c2[c-]ccc3c2sc2ccccc23)c1[2H].[2H]c1c(C([2H])([2H])[2H])cnc(-c2[c-]cccc3ccccc3sc2)c1[2H].[2H]c1c(C([2H])([2H])[2H])cnc(C2=c3sc4ccccc4c3=CC[CH-]2)c1[2H].[2H]c1cnc([2H])c([2H])c1[2H].[Ir+3].[Ir].[Ir].[Ir].[c-]1ccc2c(c1)sc1ccccc12.[c-]1ccccc1. The maximum atomic E-state index is 8.28. The largest absolute Gasteiger partial charge is 3.00 e. The average Bonchev–Trinajstić information content (AvgIpc) is 1.61. The average molecular weight is 2660 g/mol. The monoisotopic (exact) mass is 2660 g/mol. The second kappa shape index (κ2) is 60.1. The van der Waals surface area contributed by atoms with Crippen molar-refractivity contribution in [3.8, 4) is 33.8 Å². The van der Waals surface area contributed by atoms with Gasteiger partial charge in [-0.25, -0.2) is 22.7 Å². The van der Waals surface area contributed by atoms with Gasteiger partial charge >= 0.3 is 20.1 Å². The molecule has 4 aliphatic rings. The van der Waals surface area contributed by atoms with Crippen LogP contribution in [0, 0.1) is 90.8 Å².